The number of carbonyl (C=O) groups excluding carboxylic acids is 1. The van der Waals surface area contributed by atoms with Crippen molar-refractivity contribution in [1.29, 1.82) is 0 Å². The summed E-state index contributed by atoms with van der Waals surface area (Å²) >= 11 is 0. The third-order valence-corrected chi connectivity index (χ3v) is 5.15. The van der Waals surface area contributed by atoms with Crippen LogP contribution in [0.1, 0.15) is 60.7 Å². The summed E-state index contributed by atoms with van der Waals surface area (Å²) < 4.78 is 13.2. The van der Waals surface area contributed by atoms with E-state index in [1.807, 2.05) is 4.90 Å². The van der Waals surface area contributed by atoms with E-state index in [-0.39, 0.29) is 17.7 Å². The van der Waals surface area contributed by atoms with Crippen LogP contribution in [0.4, 0.5) is 4.39 Å². The minimum atomic E-state index is -0.412. The van der Waals surface area contributed by atoms with E-state index in [9.17, 15) is 9.18 Å². The van der Waals surface area contributed by atoms with E-state index < -0.39 is 5.82 Å². The van der Waals surface area contributed by atoms with Crippen molar-refractivity contribution in [2.75, 3.05) is 13.1 Å². The maximum absolute atomic E-state index is 13.2. The zero-order valence-electron chi connectivity index (χ0n) is 13.9. The summed E-state index contributed by atoms with van der Waals surface area (Å²) in [6.45, 7) is 5.44. The first kappa shape index (κ1) is 15.4. The standard InChI is InChI=1S/C17H22FN5O/c1-9(2)15-20-16(22-21-15)13-8-23(7-12(13)10-3-4-10)17(24)14-5-11(18)6-19-14/h5-6,9-10,12-13,19H,3-4,7-8H2,1-2H3,(H,20,21,22)/t12-,13+/m1/s1. The molecule has 1 saturated carbocycles. The molecule has 2 aromatic heterocycles. The van der Waals surface area contributed by atoms with Crippen molar-refractivity contribution >= 4 is 5.91 Å². The molecule has 2 N–H and O–H groups in total. The number of H-pyrrole nitrogens is 2. The van der Waals surface area contributed by atoms with Gasteiger partial charge in [0.15, 0.2) is 5.82 Å². The smallest absolute Gasteiger partial charge is 0.270 e. The Morgan fingerprint density at radius 2 is 2.17 bits per heavy atom. The Labute approximate surface area is 139 Å². The van der Waals surface area contributed by atoms with Crippen LogP contribution in [-0.2, 0) is 0 Å². The molecule has 0 radical (unpaired) electrons. The fourth-order valence-electron chi connectivity index (χ4n) is 3.66. The molecule has 0 bridgehead atoms. The Morgan fingerprint density at radius 3 is 2.75 bits per heavy atom. The molecule has 128 valence electrons. The van der Waals surface area contributed by atoms with Gasteiger partial charge in [-0.1, -0.05) is 13.8 Å². The van der Waals surface area contributed by atoms with Crippen molar-refractivity contribution in [3.8, 4) is 0 Å². The highest BCUT2D eigenvalue weighted by Crippen LogP contribution is 2.47. The molecule has 1 saturated heterocycles. The SMILES string of the molecule is CC(C)c1n[nH]c([C@H]2CN(C(=O)c3cc(F)c[nH]3)C[C@@H]2C2CC2)n1. The van der Waals surface area contributed by atoms with Crippen molar-refractivity contribution < 1.29 is 9.18 Å². The first-order chi connectivity index (χ1) is 11.5. The van der Waals surface area contributed by atoms with Gasteiger partial charge in [-0.3, -0.25) is 9.89 Å². The van der Waals surface area contributed by atoms with Crippen LogP contribution in [0.3, 0.4) is 0 Å². The number of aromatic amines is 2. The number of halogens is 1. The predicted octanol–water partition coefficient (Wildman–Crippen LogP) is 2.66. The molecular formula is C17H22FN5O. The lowest BCUT2D eigenvalue weighted by atomic mass is 9.91. The second kappa shape index (κ2) is 5.72. The monoisotopic (exact) mass is 331 g/mol. The molecule has 2 fully saturated rings. The van der Waals surface area contributed by atoms with E-state index in [4.69, 9.17) is 0 Å². The van der Waals surface area contributed by atoms with Gasteiger partial charge in [0.05, 0.1) is 0 Å². The minimum Gasteiger partial charge on any atom is -0.355 e. The van der Waals surface area contributed by atoms with Crippen molar-refractivity contribution in [2.24, 2.45) is 11.8 Å². The highest BCUT2D eigenvalue weighted by atomic mass is 19.1. The molecule has 0 spiro atoms. The van der Waals surface area contributed by atoms with Crippen molar-refractivity contribution in [2.45, 2.75) is 38.5 Å². The lowest BCUT2D eigenvalue weighted by Gasteiger charge is -2.15. The van der Waals surface area contributed by atoms with E-state index in [1.54, 1.807) is 0 Å². The van der Waals surface area contributed by atoms with Crippen LogP contribution < -0.4 is 0 Å². The third-order valence-electron chi connectivity index (χ3n) is 5.15. The first-order valence-electron chi connectivity index (χ1n) is 8.58. The molecule has 1 amide bonds. The zero-order chi connectivity index (χ0) is 16.8. The Balaban J connectivity index is 1.56. The van der Waals surface area contributed by atoms with Gasteiger partial charge in [0, 0.05) is 37.2 Å². The molecule has 24 heavy (non-hydrogen) atoms. The van der Waals surface area contributed by atoms with Gasteiger partial charge in [0.2, 0.25) is 0 Å². The number of hydrogen-bond donors (Lipinski definition) is 2. The summed E-state index contributed by atoms with van der Waals surface area (Å²) in [5.41, 5.74) is 0.308. The van der Waals surface area contributed by atoms with E-state index >= 15 is 0 Å². The molecular weight excluding hydrogens is 309 g/mol. The fraction of sp³-hybridized carbons (Fsp3) is 0.588. The van der Waals surface area contributed by atoms with Crippen molar-refractivity contribution in [3.05, 3.63) is 35.4 Å². The molecule has 2 atom stereocenters. The molecule has 0 aromatic carbocycles. The normalized spacial score (nSPS) is 24.1. The lowest BCUT2D eigenvalue weighted by Crippen LogP contribution is -2.29. The number of hydrogen-bond acceptors (Lipinski definition) is 3. The Morgan fingerprint density at radius 1 is 1.38 bits per heavy atom. The molecule has 4 rings (SSSR count). The van der Waals surface area contributed by atoms with Gasteiger partial charge >= 0.3 is 0 Å². The third kappa shape index (κ3) is 2.72. The molecule has 2 aromatic rings. The van der Waals surface area contributed by atoms with Crippen LogP contribution in [-0.4, -0.2) is 44.1 Å². The van der Waals surface area contributed by atoms with E-state index in [0.717, 1.165) is 11.6 Å². The van der Waals surface area contributed by atoms with Crippen LogP contribution in [0.5, 0.6) is 0 Å². The van der Waals surface area contributed by atoms with E-state index in [0.29, 0.717) is 30.6 Å². The summed E-state index contributed by atoms with van der Waals surface area (Å²) in [5, 5.41) is 7.39. The average molecular weight is 331 g/mol. The van der Waals surface area contributed by atoms with Gasteiger partial charge in [0.25, 0.3) is 5.91 Å². The average Bonchev–Trinajstić information content (AvgIpc) is 2.99. The Hall–Kier alpha value is -2.18. The van der Waals surface area contributed by atoms with Gasteiger partial charge in [-0.15, -0.1) is 0 Å². The quantitative estimate of drug-likeness (QED) is 0.904. The van der Waals surface area contributed by atoms with Crippen LogP contribution in [0.15, 0.2) is 12.3 Å². The summed E-state index contributed by atoms with van der Waals surface area (Å²) in [6, 6.07) is 1.26. The maximum atomic E-state index is 13.2. The number of amides is 1. The molecule has 1 aliphatic heterocycles. The number of likely N-dealkylation sites (tertiary alicyclic amines) is 1. The van der Waals surface area contributed by atoms with Crippen LogP contribution in [0.25, 0.3) is 0 Å². The largest absolute Gasteiger partial charge is 0.355 e. The molecule has 7 heteroatoms. The number of carbonyl (C=O) groups is 1. The van der Waals surface area contributed by atoms with E-state index in [1.165, 1.54) is 25.1 Å². The molecule has 2 aliphatic rings. The lowest BCUT2D eigenvalue weighted by molar-refractivity contribution is 0.0779. The number of nitrogens with zero attached hydrogens (tertiary/aromatic N) is 3. The number of aromatic nitrogens is 4. The summed E-state index contributed by atoms with van der Waals surface area (Å²) in [4.78, 5) is 21.8. The van der Waals surface area contributed by atoms with Gasteiger partial charge in [0.1, 0.15) is 17.3 Å². The molecule has 0 unspecified atom stereocenters. The van der Waals surface area contributed by atoms with Crippen LogP contribution in [0, 0.1) is 17.7 Å². The first-order valence-corrected chi connectivity index (χ1v) is 8.58. The fourth-order valence-corrected chi connectivity index (χ4v) is 3.66. The van der Waals surface area contributed by atoms with Crippen LogP contribution >= 0.6 is 0 Å². The minimum absolute atomic E-state index is 0.143. The Bertz CT molecular complexity index is 748. The molecule has 6 nitrogen and oxygen atoms in total. The van der Waals surface area contributed by atoms with Gasteiger partial charge in [-0.2, -0.15) is 5.10 Å². The second-order valence-corrected chi connectivity index (χ2v) is 7.28. The topological polar surface area (TPSA) is 77.7 Å². The second-order valence-electron chi connectivity index (χ2n) is 7.28. The summed E-state index contributed by atoms with van der Waals surface area (Å²) in [5.74, 6) is 2.65. The maximum Gasteiger partial charge on any atom is 0.270 e. The summed E-state index contributed by atoms with van der Waals surface area (Å²) in [6.07, 6.45) is 3.64. The Kier molecular flexibility index (Phi) is 3.66. The highest BCUT2D eigenvalue weighted by Gasteiger charge is 2.45. The predicted molar refractivity (Wildman–Crippen MR) is 86.1 cm³/mol. The number of nitrogens with one attached hydrogen (secondary N) is 2. The van der Waals surface area contributed by atoms with Gasteiger partial charge in [-0.05, 0) is 24.7 Å². The van der Waals surface area contributed by atoms with Gasteiger partial charge < -0.3 is 9.88 Å². The van der Waals surface area contributed by atoms with Crippen molar-refractivity contribution in [3.63, 3.8) is 0 Å². The molecule has 3 heterocycles. The highest BCUT2D eigenvalue weighted by molar-refractivity contribution is 5.92. The molecule has 1 aliphatic carbocycles. The van der Waals surface area contributed by atoms with Crippen LogP contribution in [0.2, 0.25) is 0 Å². The number of rotatable bonds is 4. The summed E-state index contributed by atoms with van der Waals surface area (Å²) in [7, 11) is 0. The van der Waals surface area contributed by atoms with Gasteiger partial charge in [-0.25, -0.2) is 9.37 Å². The zero-order valence-corrected chi connectivity index (χ0v) is 13.9. The van der Waals surface area contributed by atoms with E-state index in [2.05, 4.69) is 34.0 Å². The van der Waals surface area contributed by atoms with Crippen molar-refractivity contribution in [1.82, 2.24) is 25.1 Å².